The maximum Gasteiger partial charge on any atom is 0.272 e. The summed E-state index contributed by atoms with van der Waals surface area (Å²) in [4.78, 5) is 23.4. The quantitative estimate of drug-likeness (QED) is 0.816. The van der Waals surface area contributed by atoms with Crippen molar-refractivity contribution in [1.29, 1.82) is 0 Å². The lowest BCUT2D eigenvalue weighted by atomic mass is 9.99. The molecule has 1 aromatic carbocycles. The molecule has 5 nitrogen and oxygen atoms in total. The minimum atomic E-state index is -0.216. The Balaban J connectivity index is 1.36. The summed E-state index contributed by atoms with van der Waals surface area (Å²) in [6.45, 7) is 6.78. The number of carbonyl (C=O) groups is 1. The van der Waals surface area contributed by atoms with Gasteiger partial charge in [0.25, 0.3) is 5.91 Å². The molecule has 0 atom stereocenters. The Kier molecular flexibility index (Phi) is 5.46. The van der Waals surface area contributed by atoms with Crippen LogP contribution in [0.1, 0.15) is 30.3 Å². The number of hydrogen-bond donors (Lipinski definition) is 0. The maximum absolute atomic E-state index is 14.0. The van der Waals surface area contributed by atoms with E-state index < -0.39 is 0 Å². The molecule has 0 N–H and O–H groups in total. The highest BCUT2D eigenvalue weighted by Crippen LogP contribution is 2.23. The Morgan fingerprint density at radius 1 is 0.964 bits per heavy atom. The van der Waals surface area contributed by atoms with Crippen molar-refractivity contribution in [3.05, 3.63) is 54.1 Å². The number of anilines is 2. The third kappa shape index (κ3) is 3.96. The van der Waals surface area contributed by atoms with Gasteiger partial charge in [0.1, 0.15) is 11.5 Å². The molecule has 0 radical (unpaired) electrons. The molecule has 0 bridgehead atoms. The predicted molar refractivity (Wildman–Crippen MR) is 109 cm³/mol. The van der Waals surface area contributed by atoms with Crippen LogP contribution >= 0.6 is 0 Å². The first-order valence-electron chi connectivity index (χ1n) is 10.1. The minimum Gasteiger partial charge on any atom is -0.370 e. The van der Waals surface area contributed by atoms with E-state index in [-0.39, 0.29) is 11.7 Å². The lowest BCUT2D eigenvalue weighted by Gasteiger charge is -2.36. The fraction of sp³-hybridized carbons (Fsp3) is 0.455. The number of piperidine rings is 1. The van der Waals surface area contributed by atoms with Crippen LogP contribution in [-0.4, -0.2) is 55.1 Å². The summed E-state index contributed by atoms with van der Waals surface area (Å²) < 4.78 is 14.0. The van der Waals surface area contributed by atoms with E-state index in [4.69, 9.17) is 0 Å². The van der Waals surface area contributed by atoms with Gasteiger partial charge in [-0.05, 0) is 43.0 Å². The first-order chi connectivity index (χ1) is 13.6. The van der Waals surface area contributed by atoms with Crippen molar-refractivity contribution in [1.82, 2.24) is 9.88 Å². The largest absolute Gasteiger partial charge is 0.370 e. The van der Waals surface area contributed by atoms with Gasteiger partial charge in [-0.25, -0.2) is 9.37 Å². The molecule has 3 heterocycles. The molecule has 1 amide bonds. The van der Waals surface area contributed by atoms with Gasteiger partial charge in [0, 0.05) is 39.3 Å². The first-order valence-corrected chi connectivity index (χ1v) is 10.1. The van der Waals surface area contributed by atoms with Crippen molar-refractivity contribution in [2.24, 2.45) is 5.92 Å². The van der Waals surface area contributed by atoms with Gasteiger partial charge >= 0.3 is 0 Å². The van der Waals surface area contributed by atoms with Gasteiger partial charge in [-0.2, -0.15) is 0 Å². The molecule has 0 spiro atoms. The molecule has 0 saturated carbocycles. The summed E-state index contributed by atoms with van der Waals surface area (Å²) >= 11 is 0. The fourth-order valence-electron chi connectivity index (χ4n) is 3.99. The maximum atomic E-state index is 14.0. The predicted octanol–water partition coefficient (Wildman–Crippen LogP) is 3.42. The molecule has 1 aromatic heterocycles. The van der Waals surface area contributed by atoms with Gasteiger partial charge in [-0.1, -0.05) is 19.1 Å². The molecular weight excluding hydrogens is 355 g/mol. The van der Waals surface area contributed by atoms with E-state index in [0.29, 0.717) is 37.6 Å². The average Bonchev–Trinajstić information content (AvgIpc) is 2.74. The molecule has 2 aliphatic rings. The molecule has 2 fully saturated rings. The summed E-state index contributed by atoms with van der Waals surface area (Å²) in [6.07, 6.45) is 4.22. The zero-order chi connectivity index (χ0) is 19.5. The topological polar surface area (TPSA) is 39.7 Å². The molecule has 0 aliphatic carbocycles. The highest BCUT2D eigenvalue weighted by molar-refractivity contribution is 5.92. The van der Waals surface area contributed by atoms with Gasteiger partial charge in [0.05, 0.1) is 17.6 Å². The van der Waals surface area contributed by atoms with E-state index in [1.807, 2.05) is 34.2 Å². The van der Waals surface area contributed by atoms with Crippen LogP contribution in [-0.2, 0) is 0 Å². The SMILES string of the molecule is CC1CCN(c2ccc(C(=O)N3CCN(c4ccccc4F)CC3)nc2)CC1. The normalized spacial score (nSPS) is 18.4. The van der Waals surface area contributed by atoms with Crippen LogP contribution < -0.4 is 9.80 Å². The van der Waals surface area contributed by atoms with Crippen molar-refractivity contribution in [3.63, 3.8) is 0 Å². The fourth-order valence-corrected chi connectivity index (χ4v) is 3.99. The Bertz CT molecular complexity index is 810. The molecule has 148 valence electrons. The summed E-state index contributed by atoms with van der Waals surface area (Å²) in [7, 11) is 0. The molecule has 0 unspecified atom stereocenters. The third-order valence-electron chi connectivity index (χ3n) is 5.88. The number of hydrogen-bond acceptors (Lipinski definition) is 4. The van der Waals surface area contributed by atoms with Crippen molar-refractivity contribution in [3.8, 4) is 0 Å². The number of carbonyl (C=O) groups excluding carboxylic acids is 1. The Morgan fingerprint density at radius 3 is 2.32 bits per heavy atom. The second kappa shape index (κ2) is 8.17. The van der Waals surface area contributed by atoms with Crippen molar-refractivity contribution < 1.29 is 9.18 Å². The lowest BCUT2D eigenvalue weighted by molar-refractivity contribution is 0.0741. The highest BCUT2D eigenvalue weighted by atomic mass is 19.1. The Hall–Kier alpha value is -2.63. The van der Waals surface area contributed by atoms with Gasteiger partial charge < -0.3 is 14.7 Å². The summed E-state index contributed by atoms with van der Waals surface area (Å²) in [5.74, 6) is 0.520. The van der Waals surface area contributed by atoms with E-state index in [1.165, 1.54) is 18.9 Å². The van der Waals surface area contributed by atoms with Crippen molar-refractivity contribution in [2.75, 3.05) is 49.1 Å². The van der Waals surface area contributed by atoms with Gasteiger partial charge in [0.15, 0.2) is 0 Å². The number of aromatic nitrogens is 1. The summed E-state index contributed by atoms with van der Waals surface area (Å²) in [5.41, 5.74) is 2.18. The second-order valence-electron chi connectivity index (χ2n) is 7.80. The van der Waals surface area contributed by atoms with Crippen LogP contribution in [0.4, 0.5) is 15.8 Å². The van der Waals surface area contributed by atoms with Crippen LogP contribution in [0.5, 0.6) is 0 Å². The number of nitrogens with zero attached hydrogens (tertiary/aromatic N) is 4. The number of pyridine rings is 1. The van der Waals surface area contributed by atoms with Crippen molar-refractivity contribution >= 4 is 17.3 Å². The number of para-hydroxylation sites is 1. The van der Waals surface area contributed by atoms with E-state index in [9.17, 15) is 9.18 Å². The number of benzene rings is 1. The van der Waals surface area contributed by atoms with Gasteiger partial charge in [-0.3, -0.25) is 4.79 Å². The second-order valence-corrected chi connectivity index (χ2v) is 7.80. The standard InChI is InChI=1S/C22H27FN4O/c1-17-8-10-25(11-9-17)18-6-7-20(24-16-18)22(28)27-14-12-26(13-15-27)21-5-3-2-4-19(21)23/h2-7,16-17H,8-15H2,1H3. The number of amides is 1. The van der Waals surface area contributed by atoms with Crippen molar-refractivity contribution in [2.45, 2.75) is 19.8 Å². The average molecular weight is 382 g/mol. The van der Waals surface area contributed by atoms with E-state index in [1.54, 1.807) is 12.1 Å². The molecule has 2 saturated heterocycles. The van der Waals surface area contributed by atoms with E-state index in [2.05, 4.69) is 16.8 Å². The number of halogens is 1. The summed E-state index contributed by atoms with van der Waals surface area (Å²) in [6, 6.07) is 10.6. The Morgan fingerprint density at radius 2 is 1.68 bits per heavy atom. The molecular formula is C22H27FN4O. The Labute approximate surface area is 165 Å². The molecule has 2 aliphatic heterocycles. The zero-order valence-corrected chi connectivity index (χ0v) is 16.4. The van der Waals surface area contributed by atoms with Gasteiger partial charge in [-0.15, -0.1) is 0 Å². The van der Waals surface area contributed by atoms with E-state index >= 15 is 0 Å². The molecule has 4 rings (SSSR count). The van der Waals surface area contributed by atoms with Crippen LogP contribution in [0.3, 0.4) is 0 Å². The zero-order valence-electron chi connectivity index (χ0n) is 16.4. The smallest absolute Gasteiger partial charge is 0.272 e. The third-order valence-corrected chi connectivity index (χ3v) is 5.88. The van der Waals surface area contributed by atoms with Gasteiger partial charge in [0.2, 0.25) is 0 Å². The summed E-state index contributed by atoms with van der Waals surface area (Å²) in [5, 5.41) is 0. The van der Waals surface area contributed by atoms with Crippen LogP contribution in [0.2, 0.25) is 0 Å². The number of rotatable bonds is 3. The minimum absolute atomic E-state index is 0.0491. The van der Waals surface area contributed by atoms with Crippen LogP contribution in [0, 0.1) is 11.7 Å². The monoisotopic (exact) mass is 382 g/mol. The van der Waals surface area contributed by atoms with Crippen LogP contribution in [0.25, 0.3) is 0 Å². The molecule has 6 heteroatoms. The van der Waals surface area contributed by atoms with Crippen LogP contribution in [0.15, 0.2) is 42.6 Å². The molecule has 28 heavy (non-hydrogen) atoms. The molecule has 2 aromatic rings. The highest BCUT2D eigenvalue weighted by Gasteiger charge is 2.24. The number of piperazine rings is 1. The van der Waals surface area contributed by atoms with E-state index in [0.717, 1.165) is 24.7 Å². The first kappa shape index (κ1) is 18.7. The lowest BCUT2D eigenvalue weighted by Crippen LogP contribution is -2.49.